The Kier molecular flexibility index (Phi) is 5.97. The summed E-state index contributed by atoms with van der Waals surface area (Å²) < 4.78 is 5.42. The molecule has 1 aliphatic carbocycles. The van der Waals surface area contributed by atoms with E-state index in [9.17, 15) is 4.79 Å². The van der Waals surface area contributed by atoms with Gasteiger partial charge in [-0.1, -0.05) is 24.3 Å². The van der Waals surface area contributed by atoms with Crippen LogP contribution >= 0.6 is 35.3 Å². The maximum Gasteiger partial charge on any atom is 0.137 e. The van der Waals surface area contributed by atoms with E-state index in [1.165, 1.54) is 5.56 Å². The van der Waals surface area contributed by atoms with Gasteiger partial charge in [-0.2, -0.15) is 0 Å². The summed E-state index contributed by atoms with van der Waals surface area (Å²) in [5.41, 5.74) is 2.31. The molecule has 0 saturated carbocycles. The molecule has 22 heavy (non-hydrogen) atoms. The number of benzene rings is 1. The predicted molar refractivity (Wildman–Crippen MR) is 102 cm³/mol. The molecule has 0 N–H and O–H groups in total. The molecular weight excluding hydrogens is 332 g/mol. The monoisotopic (exact) mass is 354 g/mol. The number of fused-ring (bicyclic) bond motifs is 1. The molecule has 0 fully saturated rings. The summed E-state index contributed by atoms with van der Waals surface area (Å²) in [6.07, 6.45) is 10.5. The minimum atomic E-state index is -0.0950. The normalized spacial score (nSPS) is 20.6. The molecule has 0 spiro atoms. The van der Waals surface area contributed by atoms with Gasteiger partial charge < -0.3 is 4.74 Å². The van der Waals surface area contributed by atoms with E-state index in [0.29, 0.717) is 0 Å². The van der Waals surface area contributed by atoms with Gasteiger partial charge in [0, 0.05) is 17.4 Å². The van der Waals surface area contributed by atoms with E-state index in [1.807, 2.05) is 53.5 Å². The van der Waals surface area contributed by atoms with Crippen molar-refractivity contribution in [2.24, 2.45) is 5.92 Å². The molecule has 0 aliphatic heterocycles. The fraction of sp³-hybridized carbons (Fsp3) is 0.471. The van der Waals surface area contributed by atoms with E-state index in [4.69, 9.17) is 4.74 Å². The molecule has 2 atom stereocenters. The first-order chi connectivity index (χ1) is 10.5. The van der Waals surface area contributed by atoms with Crippen molar-refractivity contribution in [1.82, 2.24) is 0 Å². The Morgan fingerprint density at radius 2 is 1.82 bits per heavy atom. The number of Topliss-reactive ketones (excluding diaryl/α,β-unsaturated/α-hetero) is 1. The Labute approximate surface area is 145 Å². The summed E-state index contributed by atoms with van der Waals surface area (Å²) >= 11 is 5.46. The number of allylic oxidation sites excluding steroid dienone is 1. The van der Waals surface area contributed by atoms with E-state index in [0.717, 1.165) is 11.3 Å². The van der Waals surface area contributed by atoms with E-state index in [2.05, 4.69) is 30.9 Å². The number of hydrogen-bond acceptors (Lipinski definition) is 5. The molecule has 0 heterocycles. The molecule has 0 aromatic heterocycles. The lowest BCUT2D eigenvalue weighted by molar-refractivity contribution is -0.119. The molecule has 0 saturated heterocycles. The Morgan fingerprint density at radius 3 is 2.32 bits per heavy atom. The van der Waals surface area contributed by atoms with E-state index in [-0.39, 0.29) is 21.0 Å². The lowest BCUT2D eigenvalue weighted by atomic mass is 9.78. The second-order valence-electron chi connectivity index (χ2n) is 5.15. The fourth-order valence-corrected chi connectivity index (χ4v) is 6.69. The molecule has 1 aromatic rings. The predicted octanol–water partition coefficient (Wildman–Crippen LogP) is 4.75. The number of rotatable bonds is 6. The van der Waals surface area contributed by atoms with Gasteiger partial charge in [0.25, 0.3) is 0 Å². The minimum absolute atomic E-state index is 0.0908. The highest BCUT2D eigenvalue weighted by atomic mass is 32.3. The van der Waals surface area contributed by atoms with Crippen LogP contribution in [0.25, 0.3) is 6.08 Å². The van der Waals surface area contributed by atoms with Crippen molar-refractivity contribution >= 4 is 47.1 Å². The number of methoxy groups -OCH3 is 1. The molecule has 0 radical (unpaired) electrons. The first-order valence-corrected chi connectivity index (χ1v) is 10.7. The van der Waals surface area contributed by atoms with E-state index >= 15 is 0 Å². The van der Waals surface area contributed by atoms with Gasteiger partial charge >= 0.3 is 0 Å². The molecule has 2 nitrogen and oxygen atoms in total. The van der Waals surface area contributed by atoms with E-state index < -0.39 is 0 Å². The van der Waals surface area contributed by atoms with Crippen LogP contribution in [0.4, 0.5) is 0 Å². The lowest BCUT2D eigenvalue weighted by Gasteiger charge is -2.42. The number of carbonyl (C=O) groups is 1. The highest BCUT2D eigenvalue weighted by molar-refractivity contribution is 8.33. The van der Waals surface area contributed by atoms with Gasteiger partial charge in [-0.25, -0.2) is 0 Å². The molecule has 1 aliphatic rings. The minimum Gasteiger partial charge on any atom is -0.496 e. The van der Waals surface area contributed by atoms with Crippen LogP contribution in [0.1, 0.15) is 24.0 Å². The van der Waals surface area contributed by atoms with Gasteiger partial charge in [0.2, 0.25) is 0 Å². The molecule has 0 amide bonds. The quantitative estimate of drug-likeness (QED) is 0.687. The molecule has 5 heteroatoms. The largest absolute Gasteiger partial charge is 0.496 e. The summed E-state index contributed by atoms with van der Waals surface area (Å²) in [6.45, 7) is 1.69. The first kappa shape index (κ1) is 17.8. The number of hydrogen-bond donors (Lipinski definition) is 0. The van der Waals surface area contributed by atoms with Crippen LogP contribution in [0.2, 0.25) is 0 Å². The van der Waals surface area contributed by atoms with Crippen LogP contribution in [0, 0.1) is 5.92 Å². The third-order valence-corrected chi connectivity index (χ3v) is 9.66. The Morgan fingerprint density at radius 1 is 1.18 bits per heavy atom. The van der Waals surface area contributed by atoms with Crippen molar-refractivity contribution in [3.05, 3.63) is 35.4 Å². The van der Waals surface area contributed by atoms with Crippen LogP contribution in [-0.4, -0.2) is 35.1 Å². The van der Waals surface area contributed by atoms with Gasteiger partial charge in [-0.3, -0.25) is 4.79 Å². The van der Waals surface area contributed by atoms with E-state index in [1.54, 1.807) is 14.0 Å². The third kappa shape index (κ3) is 2.95. The number of thioether (sulfide) groups is 3. The molecule has 1 aromatic carbocycles. The van der Waals surface area contributed by atoms with Crippen LogP contribution in [0.5, 0.6) is 5.75 Å². The summed E-state index contributed by atoms with van der Waals surface area (Å²) in [5.74, 6) is 1.13. The van der Waals surface area contributed by atoms with Gasteiger partial charge in [-0.15, -0.1) is 35.3 Å². The van der Waals surface area contributed by atoms with Gasteiger partial charge in [0.05, 0.1) is 7.11 Å². The number of ketones is 1. The standard InChI is InChI=1S/C17H22O2S3/c1-11(18)12-9-10-13-14(7-6-8-15(13)19-2)16(12)17(20-3,21-4)22-5/h6-10,12,16H,1-5H3/t12-,16-/m0/s1. The van der Waals surface area contributed by atoms with Crippen molar-refractivity contribution in [3.8, 4) is 5.75 Å². The highest BCUT2D eigenvalue weighted by Crippen LogP contribution is 2.58. The van der Waals surface area contributed by atoms with Crippen molar-refractivity contribution in [2.75, 3.05) is 25.9 Å². The molecular formula is C17H22O2S3. The number of carbonyl (C=O) groups excluding carboxylic acids is 1. The van der Waals surface area contributed by atoms with Gasteiger partial charge in [-0.05, 0) is 37.3 Å². The zero-order valence-electron chi connectivity index (χ0n) is 13.6. The van der Waals surface area contributed by atoms with Crippen molar-refractivity contribution in [2.45, 2.75) is 16.3 Å². The van der Waals surface area contributed by atoms with Crippen LogP contribution < -0.4 is 4.74 Å². The molecule has 0 bridgehead atoms. The Balaban J connectivity index is 2.67. The fourth-order valence-electron chi connectivity index (χ4n) is 3.10. The summed E-state index contributed by atoms with van der Waals surface area (Å²) in [6, 6.07) is 6.14. The van der Waals surface area contributed by atoms with Crippen molar-refractivity contribution in [3.63, 3.8) is 0 Å². The highest BCUT2D eigenvalue weighted by Gasteiger charge is 2.46. The second-order valence-corrected chi connectivity index (χ2v) is 9.08. The van der Waals surface area contributed by atoms with Crippen molar-refractivity contribution in [1.29, 1.82) is 0 Å². The topological polar surface area (TPSA) is 26.3 Å². The smallest absolute Gasteiger partial charge is 0.137 e. The summed E-state index contributed by atoms with van der Waals surface area (Å²) in [5, 5.41) is 0. The van der Waals surface area contributed by atoms with Crippen molar-refractivity contribution < 1.29 is 9.53 Å². The Hall–Kier alpha value is -0.520. The maximum atomic E-state index is 12.3. The summed E-state index contributed by atoms with van der Waals surface area (Å²) in [7, 11) is 1.69. The average Bonchev–Trinajstić information content (AvgIpc) is 2.56. The maximum absolute atomic E-state index is 12.3. The number of ether oxygens (including phenoxy) is 1. The van der Waals surface area contributed by atoms with Crippen LogP contribution in [0.15, 0.2) is 24.3 Å². The lowest BCUT2D eigenvalue weighted by Crippen LogP contribution is -2.35. The zero-order valence-corrected chi connectivity index (χ0v) is 16.0. The summed E-state index contributed by atoms with van der Waals surface area (Å²) in [4.78, 5) is 12.3. The zero-order chi connectivity index (χ0) is 16.3. The van der Waals surface area contributed by atoms with Crippen LogP contribution in [-0.2, 0) is 4.79 Å². The van der Waals surface area contributed by atoms with Gasteiger partial charge in [0.15, 0.2) is 0 Å². The van der Waals surface area contributed by atoms with Crippen LogP contribution in [0.3, 0.4) is 0 Å². The molecule has 0 unspecified atom stereocenters. The second kappa shape index (κ2) is 7.37. The molecule has 120 valence electrons. The first-order valence-electron chi connectivity index (χ1n) is 7.05. The third-order valence-electron chi connectivity index (χ3n) is 4.19. The Bertz CT molecular complexity index is 571. The average molecular weight is 355 g/mol. The van der Waals surface area contributed by atoms with Gasteiger partial charge in [0.1, 0.15) is 14.9 Å². The SMILES string of the molecule is COc1cccc2c1C=C[C@@H](C(C)=O)[C@@H]2C(SC)(SC)SC. The molecule has 2 rings (SSSR count).